The molecule has 0 radical (unpaired) electrons. The lowest BCUT2D eigenvalue weighted by Gasteiger charge is -2.01. The Morgan fingerprint density at radius 1 is 1.50 bits per heavy atom. The van der Waals surface area contributed by atoms with Crippen LogP contribution < -0.4 is 0 Å². The number of aryl methyl sites for hydroxylation is 1. The molecule has 1 nitrogen and oxygen atoms in total. The van der Waals surface area contributed by atoms with Crippen molar-refractivity contribution in [1.29, 1.82) is 0 Å². The molecular weight excluding hydrogens is 196 g/mol. The fraction of sp³-hybridized carbons (Fsp3) is 0.250. The lowest BCUT2D eigenvalue weighted by Crippen LogP contribution is -1.98. The van der Waals surface area contributed by atoms with Crippen LogP contribution in [-0.4, -0.2) is 5.78 Å². The summed E-state index contributed by atoms with van der Waals surface area (Å²) in [7, 11) is 0. The normalized spacial score (nSPS) is 9.50. The maximum Gasteiger partial charge on any atom is 0.163 e. The number of benzene rings is 1. The first kappa shape index (κ1) is 10.8. The van der Waals surface area contributed by atoms with Crippen molar-refractivity contribution in [2.45, 2.75) is 19.8 Å². The Balaban J connectivity index is 2.85. The van der Waals surface area contributed by atoms with Gasteiger partial charge in [0.15, 0.2) is 5.78 Å². The highest BCUT2D eigenvalue weighted by Crippen LogP contribution is 2.16. The van der Waals surface area contributed by atoms with Crippen LogP contribution in [0, 0.1) is 19.3 Å². The van der Waals surface area contributed by atoms with Crippen molar-refractivity contribution in [3.05, 3.63) is 34.3 Å². The summed E-state index contributed by atoms with van der Waals surface area (Å²) in [4.78, 5) is 11.6. The highest BCUT2D eigenvalue weighted by atomic mass is 35.5. The van der Waals surface area contributed by atoms with Crippen molar-refractivity contribution >= 4 is 17.4 Å². The summed E-state index contributed by atoms with van der Waals surface area (Å²) in [6.45, 7) is 1.91. The third-order valence-corrected chi connectivity index (χ3v) is 2.08. The van der Waals surface area contributed by atoms with Crippen LogP contribution in [0.15, 0.2) is 18.2 Å². The molecule has 2 heteroatoms. The van der Waals surface area contributed by atoms with Gasteiger partial charge >= 0.3 is 0 Å². The van der Waals surface area contributed by atoms with Crippen LogP contribution in [0.5, 0.6) is 0 Å². The van der Waals surface area contributed by atoms with E-state index in [1.807, 2.05) is 19.1 Å². The minimum absolute atomic E-state index is 0.0496. The molecule has 1 aromatic rings. The van der Waals surface area contributed by atoms with E-state index in [0.717, 1.165) is 5.56 Å². The number of carbonyl (C=O) groups is 1. The maximum atomic E-state index is 11.6. The lowest BCUT2D eigenvalue weighted by atomic mass is 10.0. The SMILES string of the molecule is C#CCCC(=O)c1cc(C)cc(Cl)c1. The number of Topliss-reactive ketones (excluding diaryl/α,β-unsaturated/α-hetero) is 1. The first-order valence-corrected chi connectivity index (χ1v) is 4.75. The molecule has 0 N–H and O–H groups in total. The molecule has 0 aliphatic carbocycles. The highest BCUT2D eigenvalue weighted by molar-refractivity contribution is 6.31. The molecule has 0 aromatic heterocycles. The fourth-order valence-electron chi connectivity index (χ4n) is 1.23. The van der Waals surface area contributed by atoms with E-state index < -0.39 is 0 Å². The molecule has 72 valence electrons. The van der Waals surface area contributed by atoms with Crippen molar-refractivity contribution < 1.29 is 4.79 Å². The van der Waals surface area contributed by atoms with Gasteiger partial charge in [-0.25, -0.2) is 0 Å². The molecule has 0 aliphatic heterocycles. The summed E-state index contributed by atoms with van der Waals surface area (Å²) in [5.74, 6) is 2.49. The molecule has 0 bridgehead atoms. The van der Waals surface area contributed by atoms with E-state index in [-0.39, 0.29) is 5.78 Å². The summed E-state index contributed by atoms with van der Waals surface area (Å²) < 4.78 is 0. The summed E-state index contributed by atoms with van der Waals surface area (Å²) in [5, 5.41) is 0.592. The second kappa shape index (κ2) is 4.83. The highest BCUT2D eigenvalue weighted by Gasteiger charge is 2.06. The predicted octanol–water partition coefficient (Wildman–Crippen LogP) is 3.24. The Morgan fingerprint density at radius 3 is 2.79 bits per heavy atom. The zero-order chi connectivity index (χ0) is 10.6. The standard InChI is InChI=1S/C12H11ClO/c1-3-4-5-12(14)10-6-9(2)7-11(13)8-10/h1,6-8H,4-5H2,2H3. The van der Waals surface area contributed by atoms with E-state index in [1.54, 1.807) is 6.07 Å². The third kappa shape index (κ3) is 2.90. The smallest absolute Gasteiger partial charge is 0.163 e. The van der Waals surface area contributed by atoms with Crippen LogP contribution in [0.2, 0.25) is 5.02 Å². The Bertz CT molecular complexity index is 368. The Morgan fingerprint density at radius 2 is 2.21 bits per heavy atom. The molecule has 0 saturated heterocycles. The molecule has 14 heavy (non-hydrogen) atoms. The zero-order valence-corrected chi connectivity index (χ0v) is 8.77. The third-order valence-electron chi connectivity index (χ3n) is 1.86. The van der Waals surface area contributed by atoms with E-state index in [9.17, 15) is 4.79 Å². The summed E-state index contributed by atoms with van der Waals surface area (Å²) in [6, 6.07) is 5.32. The molecule has 0 fully saturated rings. The largest absolute Gasteiger partial charge is 0.294 e. The number of hydrogen-bond acceptors (Lipinski definition) is 1. The molecule has 0 spiro atoms. The van der Waals surface area contributed by atoms with Gasteiger partial charge in [-0.2, -0.15) is 0 Å². The first-order valence-electron chi connectivity index (χ1n) is 4.37. The van der Waals surface area contributed by atoms with Gasteiger partial charge in [0.2, 0.25) is 0 Å². The number of rotatable bonds is 3. The van der Waals surface area contributed by atoms with Crippen LogP contribution in [0.25, 0.3) is 0 Å². The molecule has 1 rings (SSSR count). The van der Waals surface area contributed by atoms with E-state index in [0.29, 0.717) is 23.4 Å². The van der Waals surface area contributed by atoms with Crippen molar-refractivity contribution in [3.63, 3.8) is 0 Å². The second-order valence-electron chi connectivity index (χ2n) is 3.14. The Kier molecular flexibility index (Phi) is 3.73. The number of carbonyl (C=O) groups excluding carboxylic acids is 1. The first-order chi connectivity index (χ1) is 6.63. The summed E-state index contributed by atoms with van der Waals surface area (Å²) >= 11 is 5.84. The van der Waals surface area contributed by atoms with Gasteiger partial charge in [-0.3, -0.25) is 4.79 Å². The maximum absolute atomic E-state index is 11.6. The molecule has 0 heterocycles. The lowest BCUT2D eigenvalue weighted by molar-refractivity contribution is 0.0984. The van der Waals surface area contributed by atoms with Gasteiger partial charge in [-0.1, -0.05) is 11.6 Å². The number of ketones is 1. The van der Waals surface area contributed by atoms with Gasteiger partial charge < -0.3 is 0 Å². The van der Waals surface area contributed by atoms with Gasteiger partial charge in [-0.05, 0) is 30.7 Å². The van der Waals surface area contributed by atoms with Crippen LogP contribution in [0.3, 0.4) is 0 Å². The Hall–Kier alpha value is -1.26. The second-order valence-corrected chi connectivity index (χ2v) is 3.58. The average molecular weight is 207 g/mol. The zero-order valence-electron chi connectivity index (χ0n) is 8.01. The van der Waals surface area contributed by atoms with Crippen molar-refractivity contribution in [3.8, 4) is 12.3 Å². The number of halogens is 1. The molecule has 0 unspecified atom stereocenters. The van der Waals surface area contributed by atoms with E-state index >= 15 is 0 Å². The average Bonchev–Trinajstić information content (AvgIpc) is 2.12. The van der Waals surface area contributed by atoms with E-state index in [4.69, 9.17) is 18.0 Å². The quantitative estimate of drug-likeness (QED) is 0.548. The van der Waals surface area contributed by atoms with Gasteiger partial charge in [0, 0.05) is 23.4 Å². The Labute approximate surface area is 89.1 Å². The number of terminal acetylenes is 1. The minimum Gasteiger partial charge on any atom is -0.294 e. The predicted molar refractivity (Wildman–Crippen MR) is 58.6 cm³/mol. The molecule has 0 atom stereocenters. The molecule has 1 aromatic carbocycles. The van der Waals surface area contributed by atoms with Gasteiger partial charge in [0.25, 0.3) is 0 Å². The van der Waals surface area contributed by atoms with Gasteiger partial charge in [-0.15, -0.1) is 12.3 Å². The van der Waals surface area contributed by atoms with E-state index in [2.05, 4.69) is 5.92 Å². The van der Waals surface area contributed by atoms with Crippen LogP contribution in [0.1, 0.15) is 28.8 Å². The van der Waals surface area contributed by atoms with Gasteiger partial charge in [0.1, 0.15) is 0 Å². The van der Waals surface area contributed by atoms with Crippen LogP contribution in [0.4, 0.5) is 0 Å². The van der Waals surface area contributed by atoms with Crippen LogP contribution in [-0.2, 0) is 0 Å². The molecule has 0 saturated carbocycles. The molecular formula is C12H11ClO. The van der Waals surface area contributed by atoms with Crippen molar-refractivity contribution in [1.82, 2.24) is 0 Å². The molecule has 0 amide bonds. The van der Waals surface area contributed by atoms with Crippen molar-refractivity contribution in [2.75, 3.05) is 0 Å². The topological polar surface area (TPSA) is 17.1 Å². The van der Waals surface area contributed by atoms with Gasteiger partial charge in [0.05, 0.1) is 0 Å². The van der Waals surface area contributed by atoms with Crippen molar-refractivity contribution in [2.24, 2.45) is 0 Å². The summed E-state index contributed by atoms with van der Waals surface area (Å²) in [6.07, 6.45) is 5.95. The van der Waals surface area contributed by atoms with Crippen LogP contribution >= 0.6 is 11.6 Å². The van der Waals surface area contributed by atoms with E-state index in [1.165, 1.54) is 0 Å². The number of hydrogen-bond donors (Lipinski definition) is 0. The monoisotopic (exact) mass is 206 g/mol. The summed E-state index contributed by atoms with van der Waals surface area (Å²) in [5.41, 5.74) is 1.63. The molecule has 0 aliphatic rings. The fourth-order valence-corrected chi connectivity index (χ4v) is 1.52. The minimum atomic E-state index is 0.0496.